The van der Waals surface area contributed by atoms with Gasteiger partial charge in [-0.05, 0) is 54.5 Å². The van der Waals surface area contributed by atoms with Gasteiger partial charge in [0.15, 0.2) is 0 Å². The Morgan fingerprint density at radius 1 is 1.33 bits per heavy atom. The average Bonchev–Trinajstić information content (AvgIpc) is 2.74. The van der Waals surface area contributed by atoms with Gasteiger partial charge in [-0.1, -0.05) is 36.9 Å². The van der Waals surface area contributed by atoms with E-state index in [1.165, 1.54) is 4.90 Å². The largest absolute Gasteiger partial charge is 0.293 e. The summed E-state index contributed by atoms with van der Waals surface area (Å²) in [6, 6.07) is 7.97. The molecule has 2 rings (SSSR count). The fraction of sp³-hybridized carbons (Fsp3) is 0.176. The number of allylic oxidation sites excluding steroid dienone is 3. The molecule has 0 atom stereocenters. The molecule has 1 aromatic rings. The Labute approximate surface area is 129 Å². The zero-order valence-corrected chi connectivity index (χ0v) is 12.9. The highest BCUT2D eigenvalue weighted by molar-refractivity contribution is 8.18. The molecule has 0 N–H and O–H groups in total. The summed E-state index contributed by atoms with van der Waals surface area (Å²) in [4.78, 5) is 25.4. The van der Waals surface area contributed by atoms with E-state index in [4.69, 9.17) is 0 Å². The molecule has 4 heteroatoms. The molecule has 0 aliphatic carbocycles. The fourth-order valence-electron chi connectivity index (χ4n) is 2.01. The standard InChI is InChI=1S/C17H17NO2S/c1-4-13(10-14-9-7-6-8-12(14)3)11-15-16(19)18(5-2)17(20)21-15/h4,6-11H,1,5H2,2-3H3/b13-10+,15-11+. The first-order chi connectivity index (χ1) is 10.1. The van der Waals surface area contributed by atoms with Crippen molar-refractivity contribution in [2.75, 3.05) is 6.54 Å². The molecule has 1 aromatic carbocycles. The van der Waals surface area contributed by atoms with Gasteiger partial charge >= 0.3 is 0 Å². The van der Waals surface area contributed by atoms with Crippen molar-refractivity contribution in [1.29, 1.82) is 0 Å². The monoisotopic (exact) mass is 299 g/mol. The van der Waals surface area contributed by atoms with E-state index >= 15 is 0 Å². The Balaban J connectivity index is 2.34. The minimum Gasteiger partial charge on any atom is -0.269 e. The van der Waals surface area contributed by atoms with E-state index < -0.39 is 0 Å². The van der Waals surface area contributed by atoms with Crippen molar-refractivity contribution in [2.24, 2.45) is 0 Å². The quantitative estimate of drug-likeness (QED) is 0.618. The Hall–Kier alpha value is -2.07. The highest BCUT2D eigenvalue weighted by Crippen LogP contribution is 2.31. The normalized spacial score (nSPS) is 17.7. The number of thioether (sulfide) groups is 1. The summed E-state index contributed by atoms with van der Waals surface area (Å²) in [7, 11) is 0. The summed E-state index contributed by atoms with van der Waals surface area (Å²) in [6.45, 7) is 7.99. The molecule has 0 saturated carbocycles. The molecule has 2 amide bonds. The molecular formula is C17H17NO2S. The molecule has 1 aliphatic heterocycles. The molecule has 0 spiro atoms. The molecule has 0 bridgehead atoms. The third-order valence-electron chi connectivity index (χ3n) is 3.23. The number of benzene rings is 1. The molecule has 0 aromatic heterocycles. The number of hydrogen-bond donors (Lipinski definition) is 0. The number of likely N-dealkylation sites (N-methyl/N-ethyl adjacent to an activating group) is 1. The number of aryl methyl sites for hydroxylation is 1. The summed E-state index contributed by atoms with van der Waals surface area (Å²) < 4.78 is 0. The highest BCUT2D eigenvalue weighted by atomic mass is 32.2. The zero-order valence-electron chi connectivity index (χ0n) is 12.1. The van der Waals surface area contributed by atoms with Crippen LogP contribution in [0.2, 0.25) is 0 Å². The van der Waals surface area contributed by atoms with Crippen molar-refractivity contribution >= 4 is 29.0 Å². The number of rotatable bonds is 4. The van der Waals surface area contributed by atoms with Gasteiger partial charge < -0.3 is 0 Å². The molecule has 0 radical (unpaired) electrons. The van der Waals surface area contributed by atoms with Gasteiger partial charge in [-0.25, -0.2) is 0 Å². The first-order valence-corrected chi connectivity index (χ1v) is 7.53. The van der Waals surface area contributed by atoms with Crippen molar-refractivity contribution < 1.29 is 9.59 Å². The maximum atomic E-state index is 12.1. The third kappa shape index (κ3) is 3.34. The highest BCUT2D eigenvalue weighted by Gasteiger charge is 2.33. The lowest BCUT2D eigenvalue weighted by Crippen LogP contribution is -2.27. The lowest BCUT2D eigenvalue weighted by molar-refractivity contribution is -0.122. The zero-order chi connectivity index (χ0) is 15.4. The first kappa shape index (κ1) is 15.3. The summed E-state index contributed by atoms with van der Waals surface area (Å²) in [5, 5.41) is -0.215. The van der Waals surface area contributed by atoms with Crippen molar-refractivity contribution in [3.05, 3.63) is 64.6 Å². The average molecular weight is 299 g/mol. The number of imide groups is 1. The topological polar surface area (TPSA) is 37.4 Å². The van der Waals surface area contributed by atoms with Crippen LogP contribution in [0.1, 0.15) is 18.1 Å². The Morgan fingerprint density at radius 3 is 2.62 bits per heavy atom. The molecule has 1 heterocycles. The number of amides is 2. The van der Waals surface area contributed by atoms with Gasteiger partial charge in [0.05, 0.1) is 4.91 Å². The SMILES string of the molecule is C=CC(=C\c1ccccc1C)/C=C1/SC(=O)N(CC)C1=O. The first-order valence-electron chi connectivity index (χ1n) is 6.72. The summed E-state index contributed by atoms with van der Waals surface area (Å²) in [5.74, 6) is -0.231. The maximum absolute atomic E-state index is 12.1. The van der Waals surface area contributed by atoms with Crippen LogP contribution in [0.5, 0.6) is 0 Å². The van der Waals surface area contributed by atoms with Crippen LogP contribution in [-0.2, 0) is 4.79 Å². The van der Waals surface area contributed by atoms with Crippen molar-refractivity contribution in [3.8, 4) is 0 Å². The summed E-state index contributed by atoms with van der Waals surface area (Å²) >= 11 is 0.975. The molecule has 108 valence electrons. The number of carbonyl (C=O) groups excluding carboxylic acids is 2. The van der Waals surface area contributed by atoms with E-state index in [9.17, 15) is 9.59 Å². The van der Waals surface area contributed by atoms with Crippen LogP contribution >= 0.6 is 11.8 Å². The van der Waals surface area contributed by atoms with Gasteiger partial charge in [0.2, 0.25) is 0 Å². The van der Waals surface area contributed by atoms with Gasteiger partial charge in [0.1, 0.15) is 0 Å². The fourth-order valence-corrected chi connectivity index (χ4v) is 2.91. The van der Waals surface area contributed by atoms with Crippen LogP contribution in [0.3, 0.4) is 0 Å². The molecule has 1 aliphatic rings. The molecular weight excluding hydrogens is 282 g/mol. The molecule has 1 saturated heterocycles. The lowest BCUT2D eigenvalue weighted by Gasteiger charge is -2.07. The molecule has 1 fully saturated rings. The van der Waals surface area contributed by atoms with Crippen LogP contribution in [0.15, 0.2) is 53.5 Å². The second-order valence-electron chi connectivity index (χ2n) is 4.63. The number of nitrogens with zero attached hydrogens (tertiary/aromatic N) is 1. The van der Waals surface area contributed by atoms with Crippen LogP contribution in [0.4, 0.5) is 4.79 Å². The van der Waals surface area contributed by atoms with Gasteiger partial charge in [-0.15, -0.1) is 0 Å². The van der Waals surface area contributed by atoms with Gasteiger partial charge in [-0.3, -0.25) is 14.5 Å². The minimum atomic E-state index is -0.231. The molecule has 0 unspecified atom stereocenters. The lowest BCUT2D eigenvalue weighted by atomic mass is 10.1. The Kier molecular flexibility index (Phi) is 4.81. The summed E-state index contributed by atoms with van der Waals surface area (Å²) in [5.41, 5.74) is 3.02. The van der Waals surface area contributed by atoms with Gasteiger partial charge in [0.25, 0.3) is 11.1 Å². The van der Waals surface area contributed by atoms with E-state index in [1.807, 2.05) is 37.3 Å². The van der Waals surface area contributed by atoms with Crippen LogP contribution in [-0.4, -0.2) is 22.6 Å². The van der Waals surface area contributed by atoms with Crippen LogP contribution in [0, 0.1) is 6.92 Å². The van der Waals surface area contributed by atoms with Crippen molar-refractivity contribution in [1.82, 2.24) is 4.90 Å². The second kappa shape index (κ2) is 6.59. The van der Waals surface area contributed by atoms with Gasteiger partial charge in [-0.2, -0.15) is 0 Å². The van der Waals surface area contributed by atoms with E-state index in [1.54, 1.807) is 19.1 Å². The molecule has 21 heavy (non-hydrogen) atoms. The Morgan fingerprint density at radius 2 is 2.05 bits per heavy atom. The van der Waals surface area contributed by atoms with E-state index in [-0.39, 0.29) is 11.1 Å². The smallest absolute Gasteiger partial charge is 0.269 e. The number of hydrogen-bond acceptors (Lipinski definition) is 3. The van der Waals surface area contributed by atoms with Crippen molar-refractivity contribution in [2.45, 2.75) is 13.8 Å². The second-order valence-corrected chi connectivity index (χ2v) is 5.62. The van der Waals surface area contributed by atoms with Crippen molar-refractivity contribution in [3.63, 3.8) is 0 Å². The summed E-state index contributed by atoms with van der Waals surface area (Å²) in [6.07, 6.45) is 5.37. The number of carbonyl (C=O) groups is 2. The minimum absolute atomic E-state index is 0.215. The van der Waals surface area contributed by atoms with Gasteiger partial charge in [0, 0.05) is 6.54 Å². The van der Waals surface area contributed by atoms with E-state index in [0.29, 0.717) is 11.4 Å². The Bertz CT molecular complexity index is 659. The van der Waals surface area contributed by atoms with E-state index in [0.717, 1.165) is 28.5 Å². The molecule has 3 nitrogen and oxygen atoms in total. The van der Waals surface area contributed by atoms with Crippen LogP contribution < -0.4 is 0 Å². The predicted octanol–water partition coefficient (Wildman–Crippen LogP) is 4.16. The van der Waals surface area contributed by atoms with Crippen LogP contribution in [0.25, 0.3) is 6.08 Å². The van der Waals surface area contributed by atoms with E-state index in [2.05, 4.69) is 6.58 Å². The maximum Gasteiger partial charge on any atom is 0.293 e. The third-order valence-corrected chi connectivity index (χ3v) is 4.14. The predicted molar refractivity (Wildman–Crippen MR) is 87.8 cm³/mol.